The van der Waals surface area contributed by atoms with Crippen molar-refractivity contribution < 1.29 is 8.42 Å². The molecule has 0 radical (unpaired) electrons. The summed E-state index contributed by atoms with van der Waals surface area (Å²) in [4.78, 5) is 9.64. The number of hydrogen-bond donors (Lipinski definition) is 0. The van der Waals surface area contributed by atoms with Gasteiger partial charge in [-0.1, -0.05) is 11.6 Å². The second-order valence-corrected chi connectivity index (χ2v) is 6.85. The van der Waals surface area contributed by atoms with Gasteiger partial charge >= 0.3 is 0 Å². The van der Waals surface area contributed by atoms with Gasteiger partial charge in [-0.3, -0.25) is 0 Å². The monoisotopic (exact) mass is 295 g/mol. The first-order chi connectivity index (χ1) is 7.98. The third-order valence-electron chi connectivity index (χ3n) is 2.55. The zero-order valence-electron chi connectivity index (χ0n) is 8.94. The van der Waals surface area contributed by atoms with E-state index in [4.69, 9.17) is 23.2 Å². The fourth-order valence-corrected chi connectivity index (χ4v) is 3.32. The van der Waals surface area contributed by atoms with Crippen molar-refractivity contribution in [1.82, 2.24) is 9.97 Å². The van der Waals surface area contributed by atoms with E-state index < -0.39 is 9.84 Å². The van der Waals surface area contributed by atoms with E-state index in [-0.39, 0.29) is 16.8 Å². The van der Waals surface area contributed by atoms with E-state index in [0.717, 1.165) is 0 Å². The molecule has 8 heteroatoms. The molecule has 94 valence electrons. The molecule has 1 saturated heterocycles. The summed E-state index contributed by atoms with van der Waals surface area (Å²) in [7, 11) is -2.94. The van der Waals surface area contributed by atoms with Crippen LogP contribution in [-0.4, -0.2) is 43.0 Å². The summed E-state index contributed by atoms with van der Waals surface area (Å²) in [5.41, 5.74) is 0. The van der Waals surface area contributed by atoms with Crippen LogP contribution in [0.5, 0.6) is 0 Å². The first-order valence-electron chi connectivity index (χ1n) is 5.11. The molecule has 1 aliphatic rings. The van der Waals surface area contributed by atoms with Gasteiger partial charge in [0.25, 0.3) is 0 Å². The smallest absolute Gasteiger partial charge is 0.224 e. The number of aromatic nitrogens is 2. The molecule has 0 unspecified atom stereocenters. The van der Waals surface area contributed by atoms with Crippen LogP contribution in [0.15, 0.2) is 6.20 Å². The molecule has 17 heavy (non-hydrogen) atoms. The first kappa shape index (κ1) is 12.9. The average Bonchev–Trinajstić information content (AvgIpc) is 2.43. The van der Waals surface area contributed by atoms with Crippen molar-refractivity contribution in [3.05, 3.63) is 16.5 Å². The van der Waals surface area contributed by atoms with E-state index >= 15 is 0 Å². The average molecular weight is 296 g/mol. The molecule has 0 aliphatic carbocycles. The van der Waals surface area contributed by atoms with Gasteiger partial charge in [-0.2, -0.15) is 4.98 Å². The molecule has 1 fully saturated rings. The summed E-state index contributed by atoms with van der Waals surface area (Å²) in [5.74, 6) is 0.828. The molecule has 0 N–H and O–H groups in total. The van der Waals surface area contributed by atoms with Crippen molar-refractivity contribution in [3.63, 3.8) is 0 Å². The van der Waals surface area contributed by atoms with Gasteiger partial charge < -0.3 is 4.90 Å². The van der Waals surface area contributed by atoms with Crippen LogP contribution in [0.2, 0.25) is 10.3 Å². The van der Waals surface area contributed by atoms with E-state index in [9.17, 15) is 8.42 Å². The molecule has 0 bridgehead atoms. The van der Waals surface area contributed by atoms with Crippen molar-refractivity contribution in [3.8, 4) is 0 Å². The minimum Gasteiger partial charge on any atom is -0.354 e. The maximum atomic E-state index is 11.5. The lowest BCUT2D eigenvalue weighted by atomic mass is 10.4. The Hall–Kier alpha value is -0.590. The van der Waals surface area contributed by atoms with Gasteiger partial charge in [0.2, 0.25) is 5.28 Å². The van der Waals surface area contributed by atoms with Gasteiger partial charge in [0.15, 0.2) is 15.7 Å². The molecule has 0 amide bonds. The van der Waals surface area contributed by atoms with Crippen LogP contribution < -0.4 is 4.90 Å². The summed E-state index contributed by atoms with van der Waals surface area (Å²) >= 11 is 11.7. The number of hydrogen-bond acceptors (Lipinski definition) is 5. The molecule has 5 nitrogen and oxygen atoms in total. The Morgan fingerprint density at radius 2 is 2.00 bits per heavy atom. The Morgan fingerprint density at radius 3 is 2.76 bits per heavy atom. The third-order valence-corrected chi connectivity index (χ3v) is 4.72. The Morgan fingerprint density at radius 1 is 1.24 bits per heavy atom. The Bertz CT molecular complexity index is 521. The van der Waals surface area contributed by atoms with Crippen LogP contribution in [0.3, 0.4) is 0 Å². The minimum absolute atomic E-state index is 0.108. The zero-order chi connectivity index (χ0) is 12.5. The molecule has 2 rings (SSSR count). The van der Waals surface area contributed by atoms with Crippen LogP contribution in [0, 0.1) is 0 Å². The number of sulfone groups is 1. The highest BCUT2D eigenvalue weighted by Crippen LogP contribution is 2.24. The van der Waals surface area contributed by atoms with Gasteiger partial charge in [0, 0.05) is 13.1 Å². The maximum Gasteiger partial charge on any atom is 0.224 e. The Balaban J connectivity index is 2.25. The van der Waals surface area contributed by atoms with Gasteiger partial charge in [-0.15, -0.1) is 0 Å². The Kier molecular flexibility index (Phi) is 3.75. The second-order valence-electron chi connectivity index (χ2n) is 3.80. The lowest BCUT2D eigenvalue weighted by Crippen LogP contribution is -2.28. The minimum atomic E-state index is -2.94. The highest BCUT2D eigenvalue weighted by atomic mass is 35.5. The normalized spacial score (nSPS) is 20.0. The number of nitrogens with zero attached hydrogens (tertiary/aromatic N) is 3. The summed E-state index contributed by atoms with van der Waals surface area (Å²) < 4.78 is 23.0. The van der Waals surface area contributed by atoms with Gasteiger partial charge in [0.05, 0.1) is 17.7 Å². The summed E-state index contributed by atoms with van der Waals surface area (Å²) in [6, 6.07) is 0. The fourth-order valence-electron chi connectivity index (χ4n) is 1.71. The maximum absolute atomic E-state index is 11.5. The molecular formula is C9H11Cl2N3O2S. The van der Waals surface area contributed by atoms with Crippen molar-refractivity contribution in [2.24, 2.45) is 0 Å². The molecule has 1 aromatic heterocycles. The molecule has 1 aliphatic heterocycles. The van der Waals surface area contributed by atoms with E-state index in [0.29, 0.717) is 30.4 Å². The first-order valence-corrected chi connectivity index (χ1v) is 7.69. The third kappa shape index (κ3) is 3.20. The number of halogens is 2. The quantitative estimate of drug-likeness (QED) is 0.733. The van der Waals surface area contributed by atoms with Gasteiger partial charge in [-0.05, 0) is 18.0 Å². The lowest BCUT2D eigenvalue weighted by molar-refractivity contribution is 0.597. The van der Waals surface area contributed by atoms with Gasteiger partial charge in [-0.25, -0.2) is 13.4 Å². The molecule has 0 spiro atoms. The van der Waals surface area contributed by atoms with Crippen molar-refractivity contribution in [2.75, 3.05) is 29.5 Å². The largest absolute Gasteiger partial charge is 0.354 e. The standard InChI is InChI=1S/C9H11Cl2N3O2S/c10-7-6-12-9(11)13-8(7)14-2-1-4-17(15,16)5-3-14/h6H,1-5H2. The second kappa shape index (κ2) is 4.96. The van der Waals surface area contributed by atoms with Crippen LogP contribution in [0.25, 0.3) is 0 Å². The van der Waals surface area contributed by atoms with E-state index in [1.165, 1.54) is 6.20 Å². The topological polar surface area (TPSA) is 63.2 Å². The molecule has 0 saturated carbocycles. The number of anilines is 1. The summed E-state index contributed by atoms with van der Waals surface area (Å²) in [6.45, 7) is 0.988. The molecule has 2 heterocycles. The molecule has 1 aromatic rings. The molecular weight excluding hydrogens is 285 g/mol. The Labute approximate surface area is 110 Å². The number of rotatable bonds is 1. The van der Waals surface area contributed by atoms with Crippen LogP contribution in [0.4, 0.5) is 5.82 Å². The van der Waals surface area contributed by atoms with E-state index in [2.05, 4.69) is 9.97 Å². The van der Waals surface area contributed by atoms with Crippen molar-refractivity contribution in [1.29, 1.82) is 0 Å². The van der Waals surface area contributed by atoms with Crippen molar-refractivity contribution in [2.45, 2.75) is 6.42 Å². The lowest BCUT2D eigenvalue weighted by Gasteiger charge is -2.21. The summed E-state index contributed by atoms with van der Waals surface area (Å²) in [6.07, 6.45) is 1.99. The predicted octanol–water partition coefficient (Wildman–Crippen LogP) is 1.41. The van der Waals surface area contributed by atoms with E-state index in [1.807, 2.05) is 4.90 Å². The van der Waals surface area contributed by atoms with E-state index in [1.54, 1.807) is 0 Å². The van der Waals surface area contributed by atoms with Crippen LogP contribution in [-0.2, 0) is 9.84 Å². The summed E-state index contributed by atoms with van der Waals surface area (Å²) in [5, 5.41) is 0.491. The fraction of sp³-hybridized carbons (Fsp3) is 0.556. The predicted molar refractivity (Wildman–Crippen MR) is 67.5 cm³/mol. The van der Waals surface area contributed by atoms with Crippen LogP contribution >= 0.6 is 23.2 Å². The highest BCUT2D eigenvalue weighted by Gasteiger charge is 2.21. The molecule has 0 aromatic carbocycles. The van der Waals surface area contributed by atoms with Gasteiger partial charge in [0.1, 0.15) is 5.02 Å². The van der Waals surface area contributed by atoms with Crippen molar-refractivity contribution >= 4 is 38.9 Å². The molecule has 0 atom stereocenters. The zero-order valence-corrected chi connectivity index (χ0v) is 11.3. The SMILES string of the molecule is O=S1(=O)CCCN(c2nc(Cl)ncc2Cl)CC1. The highest BCUT2D eigenvalue weighted by molar-refractivity contribution is 7.91. The van der Waals surface area contributed by atoms with Crippen LogP contribution in [0.1, 0.15) is 6.42 Å².